The first-order chi connectivity index (χ1) is 9.19. The third-order valence-electron chi connectivity index (χ3n) is 3.06. The minimum absolute atomic E-state index is 0.843. The van der Waals surface area contributed by atoms with E-state index < -0.39 is 0 Å². The lowest BCUT2D eigenvalue weighted by Crippen LogP contribution is -1.91. The summed E-state index contributed by atoms with van der Waals surface area (Å²) in [5, 5.41) is 8.54. The first-order valence-electron chi connectivity index (χ1n) is 5.93. The summed E-state index contributed by atoms with van der Waals surface area (Å²) in [7, 11) is 0. The van der Waals surface area contributed by atoms with Gasteiger partial charge in [-0.1, -0.05) is 36.9 Å². The standard InChI is InChI=1S/C15H12BrN3/c1-3-11-4-6-12(7-5-11)15-18-17-14-10(2)8-13(16)9-19(14)15/h3-9H,1H2,2H3. The topological polar surface area (TPSA) is 30.2 Å². The van der Waals surface area contributed by atoms with Crippen LogP contribution < -0.4 is 0 Å². The molecule has 3 rings (SSSR count). The highest BCUT2D eigenvalue weighted by atomic mass is 79.9. The fraction of sp³-hybridized carbons (Fsp3) is 0.0667. The van der Waals surface area contributed by atoms with Crippen LogP contribution in [-0.2, 0) is 0 Å². The van der Waals surface area contributed by atoms with Gasteiger partial charge in [-0.15, -0.1) is 10.2 Å². The van der Waals surface area contributed by atoms with Crippen molar-refractivity contribution in [2.45, 2.75) is 6.92 Å². The van der Waals surface area contributed by atoms with E-state index >= 15 is 0 Å². The molecule has 0 saturated heterocycles. The molecule has 1 aromatic carbocycles. The second kappa shape index (κ2) is 4.63. The zero-order valence-corrected chi connectivity index (χ0v) is 12.1. The van der Waals surface area contributed by atoms with Gasteiger partial charge in [-0.05, 0) is 40.0 Å². The highest BCUT2D eigenvalue weighted by molar-refractivity contribution is 9.10. The summed E-state index contributed by atoms with van der Waals surface area (Å²) in [6, 6.07) is 10.1. The van der Waals surface area contributed by atoms with Gasteiger partial charge in [-0.3, -0.25) is 4.40 Å². The Labute approximate surface area is 119 Å². The highest BCUT2D eigenvalue weighted by Crippen LogP contribution is 2.23. The molecule has 0 N–H and O–H groups in total. The normalized spacial score (nSPS) is 10.8. The van der Waals surface area contributed by atoms with Crippen LogP contribution in [0.15, 0.2) is 47.6 Å². The van der Waals surface area contributed by atoms with E-state index in [1.807, 2.05) is 53.9 Å². The van der Waals surface area contributed by atoms with Crippen molar-refractivity contribution in [1.29, 1.82) is 0 Å². The Hall–Kier alpha value is -1.94. The Kier molecular flexibility index (Phi) is 2.95. The second-order valence-corrected chi connectivity index (χ2v) is 5.30. The summed E-state index contributed by atoms with van der Waals surface area (Å²) in [4.78, 5) is 0. The molecule has 94 valence electrons. The van der Waals surface area contributed by atoms with Gasteiger partial charge in [0.15, 0.2) is 11.5 Å². The molecule has 19 heavy (non-hydrogen) atoms. The smallest absolute Gasteiger partial charge is 0.168 e. The van der Waals surface area contributed by atoms with Gasteiger partial charge in [-0.2, -0.15) is 0 Å². The predicted octanol–water partition coefficient (Wildman–Crippen LogP) is 4.11. The molecule has 0 aliphatic heterocycles. The lowest BCUT2D eigenvalue weighted by Gasteiger charge is -2.03. The number of benzene rings is 1. The van der Waals surface area contributed by atoms with Gasteiger partial charge in [0.25, 0.3) is 0 Å². The Morgan fingerprint density at radius 1 is 1.21 bits per heavy atom. The molecule has 0 saturated carbocycles. The van der Waals surface area contributed by atoms with E-state index in [-0.39, 0.29) is 0 Å². The van der Waals surface area contributed by atoms with Crippen LogP contribution in [0.5, 0.6) is 0 Å². The van der Waals surface area contributed by atoms with Crippen LogP contribution in [0, 0.1) is 6.92 Å². The largest absolute Gasteiger partial charge is 0.281 e. The van der Waals surface area contributed by atoms with Crippen molar-refractivity contribution in [2.24, 2.45) is 0 Å². The van der Waals surface area contributed by atoms with Crippen molar-refractivity contribution in [3.8, 4) is 11.4 Å². The summed E-state index contributed by atoms with van der Waals surface area (Å²) in [5.41, 5.74) is 4.10. The third kappa shape index (κ3) is 2.08. The van der Waals surface area contributed by atoms with Crippen molar-refractivity contribution in [3.05, 3.63) is 58.7 Å². The lowest BCUT2D eigenvalue weighted by atomic mass is 10.1. The molecule has 0 aliphatic carbocycles. The van der Waals surface area contributed by atoms with Gasteiger partial charge in [0, 0.05) is 16.2 Å². The number of hydrogen-bond donors (Lipinski definition) is 0. The molecule has 3 aromatic rings. The summed E-state index contributed by atoms with van der Waals surface area (Å²) in [5.74, 6) is 0.843. The third-order valence-corrected chi connectivity index (χ3v) is 3.49. The molecule has 0 unspecified atom stereocenters. The fourth-order valence-electron chi connectivity index (χ4n) is 2.08. The molecule has 2 aromatic heterocycles. The Bertz CT molecular complexity index is 757. The van der Waals surface area contributed by atoms with Crippen LogP contribution >= 0.6 is 15.9 Å². The minimum atomic E-state index is 0.843. The maximum atomic E-state index is 4.29. The Morgan fingerprint density at radius 3 is 2.63 bits per heavy atom. The summed E-state index contributed by atoms with van der Waals surface area (Å²) in [6.07, 6.45) is 3.81. The monoisotopic (exact) mass is 313 g/mol. The first kappa shape index (κ1) is 12.1. The van der Waals surface area contributed by atoms with Crippen molar-refractivity contribution >= 4 is 27.7 Å². The van der Waals surface area contributed by atoms with Gasteiger partial charge in [-0.25, -0.2) is 0 Å². The van der Waals surface area contributed by atoms with Crippen LogP contribution in [0.1, 0.15) is 11.1 Å². The maximum absolute atomic E-state index is 4.29. The first-order valence-corrected chi connectivity index (χ1v) is 6.72. The number of hydrogen-bond acceptors (Lipinski definition) is 2. The number of nitrogens with zero attached hydrogens (tertiary/aromatic N) is 3. The number of halogens is 1. The van der Waals surface area contributed by atoms with Gasteiger partial charge in [0.05, 0.1) is 0 Å². The van der Waals surface area contributed by atoms with E-state index in [2.05, 4.69) is 32.7 Å². The van der Waals surface area contributed by atoms with E-state index in [4.69, 9.17) is 0 Å². The molecule has 0 fully saturated rings. The minimum Gasteiger partial charge on any atom is -0.281 e. The van der Waals surface area contributed by atoms with E-state index in [0.717, 1.165) is 32.6 Å². The van der Waals surface area contributed by atoms with Crippen molar-refractivity contribution < 1.29 is 0 Å². The highest BCUT2D eigenvalue weighted by Gasteiger charge is 2.10. The summed E-state index contributed by atoms with van der Waals surface area (Å²) >= 11 is 3.51. The predicted molar refractivity (Wildman–Crippen MR) is 81.0 cm³/mol. The zero-order valence-electron chi connectivity index (χ0n) is 10.5. The fourth-order valence-corrected chi connectivity index (χ4v) is 2.63. The number of aryl methyl sites for hydroxylation is 1. The molecule has 0 aliphatic rings. The van der Waals surface area contributed by atoms with Crippen LogP contribution in [0.4, 0.5) is 0 Å². The van der Waals surface area contributed by atoms with E-state index in [1.165, 1.54) is 0 Å². The Balaban J connectivity index is 2.21. The van der Waals surface area contributed by atoms with Crippen molar-refractivity contribution in [3.63, 3.8) is 0 Å². The molecule has 0 bridgehead atoms. The van der Waals surface area contributed by atoms with E-state index in [1.54, 1.807) is 0 Å². The van der Waals surface area contributed by atoms with Crippen LogP contribution in [0.25, 0.3) is 23.1 Å². The molecular weight excluding hydrogens is 302 g/mol. The van der Waals surface area contributed by atoms with Gasteiger partial charge < -0.3 is 0 Å². The number of pyridine rings is 1. The molecular formula is C15H12BrN3. The molecule has 0 amide bonds. The molecule has 4 heteroatoms. The van der Waals surface area contributed by atoms with Gasteiger partial charge >= 0.3 is 0 Å². The summed E-state index contributed by atoms with van der Waals surface area (Å²) in [6.45, 7) is 5.78. The maximum Gasteiger partial charge on any atom is 0.168 e. The number of rotatable bonds is 2. The Morgan fingerprint density at radius 2 is 1.95 bits per heavy atom. The van der Waals surface area contributed by atoms with E-state index in [0.29, 0.717) is 0 Å². The van der Waals surface area contributed by atoms with Crippen LogP contribution in [-0.4, -0.2) is 14.6 Å². The molecule has 0 radical (unpaired) electrons. The van der Waals surface area contributed by atoms with Gasteiger partial charge in [0.2, 0.25) is 0 Å². The van der Waals surface area contributed by atoms with Crippen molar-refractivity contribution in [2.75, 3.05) is 0 Å². The van der Waals surface area contributed by atoms with E-state index in [9.17, 15) is 0 Å². The number of aromatic nitrogens is 3. The SMILES string of the molecule is C=Cc1ccc(-c2nnc3c(C)cc(Br)cn23)cc1. The zero-order chi connectivity index (χ0) is 13.4. The van der Waals surface area contributed by atoms with Crippen molar-refractivity contribution in [1.82, 2.24) is 14.6 Å². The van der Waals surface area contributed by atoms with Gasteiger partial charge in [0.1, 0.15) is 0 Å². The van der Waals surface area contributed by atoms with Crippen LogP contribution in [0.3, 0.4) is 0 Å². The second-order valence-electron chi connectivity index (χ2n) is 4.38. The molecule has 2 heterocycles. The summed E-state index contributed by atoms with van der Waals surface area (Å²) < 4.78 is 3.02. The number of fused-ring (bicyclic) bond motifs is 1. The molecule has 0 spiro atoms. The average molecular weight is 314 g/mol. The average Bonchev–Trinajstić information content (AvgIpc) is 2.83. The molecule has 3 nitrogen and oxygen atoms in total. The van der Waals surface area contributed by atoms with Crippen LogP contribution in [0.2, 0.25) is 0 Å². The lowest BCUT2D eigenvalue weighted by molar-refractivity contribution is 1.11. The quantitative estimate of drug-likeness (QED) is 0.712. The molecule has 0 atom stereocenters.